The number of guanidine groups is 1. The van der Waals surface area contributed by atoms with E-state index in [9.17, 15) is 4.79 Å². The largest absolute Gasteiger partial charge is 0.444 e. The van der Waals surface area contributed by atoms with E-state index >= 15 is 0 Å². The smallest absolute Gasteiger partial charge is 0.407 e. The van der Waals surface area contributed by atoms with E-state index < -0.39 is 5.60 Å². The van der Waals surface area contributed by atoms with E-state index in [-0.39, 0.29) is 12.1 Å². The van der Waals surface area contributed by atoms with Gasteiger partial charge in [-0.2, -0.15) is 0 Å². The zero-order chi connectivity index (χ0) is 21.1. The summed E-state index contributed by atoms with van der Waals surface area (Å²) in [6, 6.07) is 0.0801. The number of amides is 1. The SMILES string of the molecule is CCNC(=NCCCOCC1CCOCC1)N1CCC(NC(=O)OC(C)(C)C)C1. The number of alkyl carbamates (subject to hydrolysis) is 1. The quantitative estimate of drug-likeness (QED) is 0.362. The zero-order valence-electron chi connectivity index (χ0n) is 18.7. The summed E-state index contributed by atoms with van der Waals surface area (Å²) in [5, 5.41) is 6.32. The number of hydrogen-bond donors (Lipinski definition) is 2. The van der Waals surface area contributed by atoms with Crippen molar-refractivity contribution in [1.82, 2.24) is 15.5 Å². The lowest BCUT2D eigenvalue weighted by Gasteiger charge is -2.23. The molecular weight excluding hydrogens is 372 g/mol. The van der Waals surface area contributed by atoms with E-state index in [0.29, 0.717) is 5.92 Å². The Bertz CT molecular complexity index is 515. The second-order valence-corrected chi connectivity index (χ2v) is 8.80. The molecule has 0 bridgehead atoms. The van der Waals surface area contributed by atoms with Gasteiger partial charge in [-0.25, -0.2) is 4.79 Å². The predicted molar refractivity (Wildman–Crippen MR) is 114 cm³/mol. The Labute approximate surface area is 175 Å². The highest BCUT2D eigenvalue weighted by Gasteiger charge is 2.27. The Balaban J connectivity index is 1.67. The van der Waals surface area contributed by atoms with Crippen LogP contribution >= 0.6 is 0 Å². The molecule has 2 saturated heterocycles. The zero-order valence-corrected chi connectivity index (χ0v) is 18.7. The average molecular weight is 413 g/mol. The molecule has 2 aliphatic heterocycles. The van der Waals surface area contributed by atoms with Crippen LogP contribution in [0.2, 0.25) is 0 Å². The topological polar surface area (TPSA) is 84.4 Å². The van der Waals surface area contributed by atoms with E-state index in [0.717, 1.165) is 84.2 Å². The van der Waals surface area contributed by atoms with Gasteiger partial charge in [-0.05, 0) is 59.3 Å². The molecule has 2 heterocycles. The van der Waals surface area contributed by atoms with Crippen LogP contribution in [0.4, 0.5) is 4.79 Å². The highest BCUT2D eigenvalue weighted by atomic mass is 16.6. The fourth-order valence-electron chi connectivity index (χ4n) is 3.49. The molecule has 8 heteroatoms. The summed E-state index contributed by atoms with van der Waals surface area (Å²) in [7, 11) is 0. The molecule has 0 aromatic heterocycles. The number of likely N-dealkylation sites (tertiary alicyclic amines) is 1. The molecule has 168 valence electrons. The van der Waals surface area contributed by atoms with E-state index in [1.54, 1.807) is 0 Å². The number of nitrogens with zero attached hydrogens (tertiary/aromatic N) is 2. The molecule has 2 rings (SSSR count). The first-order valence-electron chi connectivity index (χ1n) is 11.1. The van der Waals surface area contributed by atoms with Crippen molar-refractivity contribution in [1.29, 1.82) is 0 Å². The third-order valence-corrected chi connectivity index (χ3v) is 4.95. The maximum absolute atomic E-state index is 12.0. The van der Waals surface area contributed by atoms with Crippen molar-refractivity contribution in [3.63, 3.8) is 0 Å². The van der Waals surface area contributed by atoms with Crippen molar-refractivity contribution in [2.45, 2.75) is 65.0 Å². The number of ether oxygens (including phenoxy) is 3. The molecule has 0 spiro atoms. The highest BCUT2D eigenvalue weighted by Crippen LogP contribution is 2.15. The summed E-state index contributed by atoms with van der Waals surface area (Å²) in [4.78, 5) is 18.9. The summed E-state index contributed by atoms with van der Waals surface area (Å²) in [6.07, 6.45) is 3.66. The second kappa shape index (κ2) is 12.2. The second-order valence-electron chi connectivity index (χ2n) is 8.80. The van der Waals surface area contributed by atoms with Crippen molar-refractivity contribution in [2.24, 2.45) is 10.9 Å². The number of carbonyl (C=O) groups is 1. The number of aliphatic imine (C=N–C) groups is 1. The van der Waals surface area contributed by atoms with Gasteiger partial charge in [-0.3, -0.25) is 4.99 Å². The van der Waals surface area contributed by atoms with Crippen LogP contribution in [0.3, 0.4) is 0 Å². The van der Waals surface area contributed by atoms with Crippen LogP contribution in [0.1, 0.15) is 53.4 Å². The van der Waals surface area contributed by atoms with Gasteiger partial charge >= 0.3 is 6.09 Å². The molecule has 0 radical (unpaired) electrons. The molecule has 2 aliphatic rings. The minimum absolute atomic E-state index is 0.0801. The number of nitrogens with one attached hydrogen (secondary N) is 2. The summed E-state index contributed by atoms with van der Waals surface area (Å²) in [5.74, 6) is 1.55. The van der Waals surface area contributed by atoms with Crippen molar-refractivity contribution in [3.05, 3.63) is 0 Å². The lowest BCUT2D eigenvalue weighted by Crippen LogP contribution is -2.44. The minimum atomic E-state index is -0.481. The molecular formula is C21H40N4O4. The molecule has 8 nitrogen and oxygen atoms in total. The van der Waals surface area contributed by atoms with Gasteiger partial charge in [0.05, 0.1) is 6.04 Å². The molecule has 1 unspecified atom stereocenters. The van der Waals surface area contributed by atoms with Crippen LogP contribution in [-0.4, -0.2) is 81.2 Å². The summed E-state index contributed by atoms with van der Waals surface area (Å²) in [5.41, 5.74) is -0.481. The third kappa shape index (κ3) is 9.67. The molecule has 1 atom stereocenters. The van der Waals surface area contributed by atoms with Gasteiger partial charge in [-0.1, -0.05) is 0 Å². The van der Waals surface area contributed by atoms with E-state index in [1.165, 1.54) is 0 Å². The summed E-state index contributed by atoms with van der Waals surface area (Å²) < 4.78 is 16.6. The lowest BCUT2D eigenvalue weighted by atomic mass is 10.0. The van der Waals surface area contributed by atoms with E-state index in [4.69, 9.17) is 19.2 Å². The van der Waals surface area contributed by atoms with Crippen LogP contribution in [0, 0.1) is 5.92 Å². The molecule has 1 amide bonds. The first-order valence-corrected chi connectivity index (χ1v) is 11.1. The van der Waals surface area contributed by atoms with Gasteiger partial charge < -0.3 is 29.7 Å². The highest BCUT2D eigenvalue weighted by molar-refractivity contribution is 5.80. The average Bonchev–Trinajstić information content (AvgIpc) is 3.11. The molecule has 0 aliphatic carbocycles. The molecule has 29 heavy (non-hydrogen) atoms. The molecule has 2 fully saturated rings. The number of hydrogen-bond acceptors (Lipinski definition) is 5. The Morgan fingerprint density at radius 3 is 2.69 bits per heavy atom. The third-order valence-electron chi connectivity index (χ3n) is 4.95. The predicted octanol–water partition coefficient (Wildman–Crippen LogP) is 2.38. The Kier molecular flexibility index (Phi) is 10.0. The first kappa shape index (κ1) is 23.7. The lowest BCUT2D eigenvalue weighted by molar-refractivity contribution is 0.0205. The number of carbonyl (C=O) groups excluding carboxylic acids is 1. The van der Waals surface area contributed by atoms with Crippen LogP contribution in [0.25, 0.3) is 0 Å². The van der Waals surface area contributed by atoms with Crippen LogP contribution < -0.4 is 10.6 Å². The summed E-state index contributed by atoms with van der Waals surface area (Å²) in [6.45, 7) is 14.1. The van der Waals surface area contributed by atoms with Crippen molar-refractivity contribution < 1.29 is 19.0 Å². The van der Waals surface area contributed by atoms with E-state index in [2.05, 4.69) is 22.5 Å². The maximum Gasteiger partial charge on any atom is 0.407 e. The van der Waals surface area contributed by atoms with Gasteiger partial charge in [0.1, 0.15) is 5.60 Å². The van der Waals surface area contributed by atoms with Crippen molar-refractivity contribution in [3.8, 4) is 0 Å². The van der Waals surface area contributed by atoms with Crippen molar-refractivity contribution in [2.75, 3.05) is 52.6 Å². The van der Waals surface area contributed by atoms with Gasteiger partial charge in [-0.15, -0.1) is 0 Å². The van der Waals surface area contributed by atoms with Crippen LogP contribution in [0.5, 0.6) is 0 Å². The Morgan fingerprint density at radius 1 is 1.24 bits per heavy atom. The van der Waals surface area contributed by atoms with E-state index in [1.807, 2.05) is 20.8 Å². The van der Waals surface area contributed by atoms with Crippen LogP contribution in [0.15, 0.2) is 4.99 Å². The fourth-order valence-corrected chi connectivity index (χ4v) is 3.49. The first-order chi connectivity index (χ1) is 13.9. The van der Waals surface area contributed by atoms with Gasteiger partial charge in [0, 0.05) is 52.6 Å². The van der Waals surface area contributed by atoms with Crippen LogP contribution in [-0.2, 0) is 14.2 Å². The molecule has 0 saturated carbocycles. The standard InChI is InChI=1S/C21H40N4O4/c1-5-22-19(23-10-6-12-28-16-17-8-13-27-14-9-17)25-11-7-18(15-25)24-20(26)29-21(2,3)4/h17-18H,5-16H2,1-4H3,(H,22,23)(H,24,26). The monoisotopic (exact) mass is 412 g/mol. The van der Waals surface area contributed by atoms with Crippen molar-refractivity contribution >= 4 is 12.1 Å². The molecule has 2 N–H and O–H groups in total. The maximum atomic E-state index is 12.0. The molecule has 0 aromatic carbocycles. The van der Waals surface area contributed by atoms with Gasteiger partial charge in [0.25, 0.3) is 0 Å². The number of rotatable bonds is 8. The summed E-state index contributed by atoms with van der Waals surface area (Å²) >= 11 is 0. The van der Waals surface area contributed by atoms with Gasteiger partial charge in [0.15, 0.2) is 5.96 Å². The van der Waals surface area contributed by atoms with Gasteiger partial charge in [0.2, 0.25) is 0 Å². The Hall–Kier alpha value is -1.54. The minimum Gasteiger partial charge on any atom is -0.444 e. The fraction of sp³-hybridized carbons (Fsp3) is 0.905. The normalized spacial score (nSPS) is 21.3. The Morgan fingerprint density at radius 2 is 2.00 bits per heavy atom. The molecule has 0 aromatic rings.